The summed E-state index contributed by atoms with van der Waals surface area (Å²) in [6.45, 7) is 0. The van der Waals surface area contributed by atoms with E-state index < -0.39 is 0 Å². The number of benzene rings is 2. The SMILES string of the molecule is COC(=O)c1ccccc1.c1cc2ccc1[nH]2. The van der Waals surface area contributed by atoms with Crippen molar-refractivity contribution in [2.24, 2.45) is 0 Å². The lowest BCUT2D eigenvalue weighted by atomic mass is 10.2. The average molecular weight is 227 g/mol. The number of hydrogen-bond donors (Lipinski definition) is 1. The number of H-pyrrole nitrogens is 1. The highest BCUT2D eigenvalue weighted by molar-refractivity contribution is 5.89. The number of aromatic nitrogens is 1. The van der Waals surface area contributed by atoms with E-state index in [1.165, 1.54) is 18.1 Å². The normalized spacial score (nSPS) is 9.71. The summed E-state index contributed by atoms with van der Waals surface area (Å²) in [7, 11) is 1.37. The molecule has 86 valence electrons. The van der Waals surface area contributed by atoms with Crippen LogP contribution >= 0.6 is 0 Å². The van der Waals surface area contributed by atoms with Crippen LogP contribution < -0.4 is 0 Å². The molecule has 2 bridgehead atoms. The predicted octanol–water partition coefficient (Wildman–Crippen LogP) is 3.08. The third-order valence-electron chi connectivity index (χ3n) is 2.37. The van der Waals surface area contributed by atoms with Crippen LogP contribution in [0.5, 0.6) is 0 Å². The van der Waals surface area contributed by atoms with Crippen LogP contribution in [0.2, 0.25) is 0 Å². The minimum Gasteiger partial charge on any atom is -0.465 e. The van der Waals surface area contributed by atoms with Crippen LogP contribution in [0.3, 0.4) is 0 Å². The van der Waals surface area contributed by atoms with E-state index >= 15 is 0 Å². The first-order valence-electron chi connectivity index (χ1n) is 5.30. The van der Waals surface area contributed by atoms with Gasteiger partial charge in [-0.05, 0) is 36.4 Å². The van der Waals surface area contributed by atoms with E-state index in [0.29, 0.717) is 5.56 Å². The maximum atomic E-state index is 10.8. The quantitative estimate of drug-likeness (QED) is 0.649. The van der Waals surface area contributed by atoms with Crippen molar-refractivity contribution in [3.63, 3.8) is 0 Å². The molecular formula is C14H13NO2. The molecule has 0 aliphatic rings. The van der Waals surface area contributed by atoms with Crippen LogP contribution in [-0.2, 0) is 4.74 Å². The molecule has 2 heterocycles. The van der Waals surface area contributed by atoms with Crippen molar-refractivity contribution in [3.8, 4) is 0 Å². The second kappa shape index (κ2) is 5.16. The Morgan fingerprint density at radius 3 is 1.82 bits per heavy atom. The summed E-state index contributed by atoms with van der Waals surface area (Å²) in [5.41, 5.74) is 3.02. The van der Waals surface area contributed by atoms with Crippen molar-refractivity contribution >= 4 is 17.0 Å². The smallest absolute Gasteiger partial charge is 0.337 e. The van der Waals surface area contributed by atoms with Gasteiger partial charge in [-0.1, -0.05) is 18.2 Å². The Bertz CT molecular complexity index is 526. The number of fused-ring (bicyclic) bond motifs is 2. The monoisotopic (exact) mass is 227 g/mol. The first-order valence-corrected chi connectivity index (χ1v) is 5.30. The van der Waals surface area contributed by atoms with Crippen molar-refractivity contribution < 1.29 is 9.53 Å². The highest BCUT2D eigenvalue weighted by Crippen LogP contribution is 2.07. The number of ether oxygens (including phenoxy) is 1. The molecule has 0 saturated carbocycles. The van der Waals surface area contributed by atoms with Crippen molar-refractivity contribution in [1.82, 2.24) is 4.98 Å². The number of methoxy groups -OCH3 is 1. The fourth-order valence-electron chi connectivity index (χ4n) is 1.50. The summed E-state index contributed by atoms with van der Waals surface area (Å²) < 4.78 is 4.50. The van der Waals surface area contributed by atoms with Gasteiger partial charge >= 0.3 is 5.97 Å². The van der Waals surface area contributed by atoms with Gasteiger partial charge in [0.05, 0.1) is 12.7 Å². The average Bonchev–Trinajstić information content (AvgIpc) is 3.04. The van der Waals surface area contributed by atoms with Gasteiger partial charge in [-0.25, -0.2) is 4.79 Å². The second-order valence-corrected chi connectivity index (χ2v) is 3.56. The third-order valence-corrected chi connectivity index (χ3v) is 2.37. The van der Waals surface area contributed by atoms with E-state index in [4.69, 9.17) is 0 Å². The summed E-state index contributed by atoms with van der Waals surface area (Å²) in [5, 5.41) is 0. The Labute approximate surface area is 99.4 Å². The molecule has 0 saturated heterocycles. The first-order chi connectivity index (χ1) is 8.29. The van der Waals surface area contributed by atoms with Crippen molar-refractivity contribution in [3.05, 3.63) is 60.2 Å². The molecule has 0 fully saturated rings. The van der Waals surface area contributed by atoms with Crippen molar-refractivity contribution in [1.29, 1.82) is 0 Å². The number of carbonyl (C=O) groups is 1. The molecule has 0 atom stereocenters. The van der Waals surface area contributed by atoms with E-state index in [0.717, 1.165) is 0 Å². The topological polar surface area (TPSA) is 42.1 Å². The standard InChI is InChI=1S/C8H8O2.C6H5N/c1-10-8(9)7-5-3-2-4-6-7;1-2-6-4-3-5(1)7-6/h2-6H,1H3;1-4,7H. The molecule has 0 aliphatic heterocycles. The van der Waals surface area contributed by atoms with E-state index in [1.54, 1.807) is 24.3 Å². The molecule has 3 aromatic rings. The Morgan fingerprint density at radius 1 is 0.941 bits per heavy atom. The fraction of sp³-hybridized carbons (Fsp3) is 0.0714. The minimum atomic E-state index is -0.291. The number of carbonyl (C=O) groups excluding carboxylic acids is 1. The zero-order chi connectivity index (χ0) is 12.1. The largest absolute Gasteiger partial charge is 0.465 e. The summed E-state index contributed by atoms with van der Waals surface area (Å²) in [6.07, 6.45) is 0. The highest BCUT2D eigenvalue weighted by atomic mass is 16.5. The van der Waals surface area contributed by atoms with Crippen molar-refractivity contribution in [2.45, 2.75) is 0 Å². The lowest BCUT2D eigenvalue weighted by Gasteiger charge is -1.95. The van der Waals surface area contributed by atoms with E-state index in [-0.39, 0.29) is 5.97 Å². The Kier molecular flexibility index (Phi) is 3.40. The van der Waals surface area contributed by atoms with Crippen LogP contribution in [0.1, 0.15) is 10.4 Å². The number of rotatable bonds is 1. The van der Waals surface area contributed by atoms with Crippen LogP contribution in [0.25, 0.3) is 11.0 Å². The summed E-state index contributed by atoms with van der Waals surface area (Å²) in [6, 6.07) is 17.1. The zero-order valence-corrected chi connectivity index (χ0v) is 9.51. The van der Waals surface area contributed by atoms with E-state index in [1.807, 2.05) is 6.07 Å². The van der Waals surface area contributed by atoms with Gasteiger partial charge in [0.15, 0.2) is 0 Å². The number of hydrogen-bond acceptors (Lipinski definition) is 2. The summed E-state index contributed by atoms with van der Waals surface area (Å²) >= 11 is 0. The first kappa shape index (κ1) is 11.2. The van der Waals surface area contributed by atoms with Crippen molar-refractivity contribution in [2.75, 3.05) is 7.11 Å². The third kappa shape index (κ3) is 2.84. The van der Waals surface area contributed by atoms with Gasteiger partial charge in [0.2, 0.25) is 0 Å². The summed E-state index contributed by atoms with van der Waals surface area (Å²) in [4.78, 5) is 13.9. The number of aromatic amines is 1. The van der Waals surface area contributed by atoms with Gasteiger partial charge in [-0.15, -0.1) is 0 Å². The molecule has 17 heavy (non-hydrogen) atoms. The number of nitrogens with one attached hydrogen (secondary N) is 1. The zero-order valence-electron chi connectivity index (χ0n) is 9.51. The molecule has 3 nitrogen and oxygen atoms in total. The van der Waals surface area contributed by atoms with Gasteiger partial charge in [-0.3, -0.25) is 0 Å². The molecule has 1 N–H and O–H groups in total. The highest BCUT2D eigenvalue weighted by Gasteiger charge is 2.00. The van der Waals surface area contributed by atoms with E-state index in [2.05, 4.69) is 34.0 Å². The molecule has 0 spiro atoms. The lowest BCUT2D eigenvalue weighted by molar-refractivity contribution is 0.0601. The Balaban J connectivity index is 0.000000134. The van der Waals surface area contributed by atoms with Crippen LogP contribution in [0.4, 0.5) is 0 Å². The van der Waals surface area contributed by atoms with Gasteiger partial charge in [-0.2, -0.15) is 0 Å². The molecular weight excluding hydrogens is 214 g/mol. The predicted molar refractivity (Wildman–Crippen MR) is 67.3 cm³/mol. The lowest BCUT2D eigenvalue weighted by Crippen LogP contribution is -1.99. The maximum Gasteiger partial charge on any atom is 0.337 e. The van der Waals surface area contributed by atoms with Crippen LogP contribution in [-0.4, -0.2) is 18.1 Å². The Morgan fingerprint density at radius 2 is 1.47 bits per heavy atom. The van der Waals surface area contributed by atoms with Gasteiger partial charge in [0, 0.05) is 11.0 Å². The van der Waals surface area contributed by atoms with Gasteiger partial charge in [0.25, 0.3) is 0 Å². The molecule has 1 aromatic carbocycles. The molecule has 0 amide bonds. The summed E-state index contributed by atoms with van der Waals surface area (Å²) in [5.74, 6) is -0.291. The fourth-order valence-corrected chi connectivity index (χ4v) is 1.50. The molecule has 0 aliphatic carbocycles. The number of esters is 1. The van der Waals surface area contributed by atoms with Crippen LogP contribution in [0, 0.1) is 0 Å². The van der Waals surface area contributed by atoms with Gasteiger partial charge < -0.3 is 9.72 Å². The molecule has 0 unspecified atom stereocenters. The maximum absolute atomic E-state index is 10.8. The van der Waals surface area contributed by atoms with E-state index in [9.17, 15) is 4.79 Å². The molecule has 3 rings (SSSR count). The van der Waals surface area contributed by atoms with Crippen LogP contribution in [0.15, 0.2) is 54.6 Å². The Hall–Kier alpha value is -2.29. The van der Waals surface area contributed by atoms with Gasteiger partial charge in [0.1, 0.15) is 0 Å². The minimum absolute atomic E-state index is 0.291. The molecule has 0 radical (unpaired) electrons. The molecule has 2 aromatic heterocycles. The second-order valence-electron chi connectivity index (χ2n) is 3.56. The molecule has 3 heteroatoms.